The predicted molar refractivity (Wildman–Crippen MR) is 58.6 cm³/mol. The molecule has 0 saturated carbocycles. The predicted octanol–water partition coefficient (Wildman–Crippen LogP) is 2.53. The minimum Gasteiger partial charge on any atom is -0.466 e. The fourth-order valence-electron chi connectivity index (χ4n) is 2.26. The molecule has 1 saturated heterocycles. The minimum absolute atomic E-state index is 0.0635. The molecule has 0 spiro atoms. The Morgan fingerprint density at radius 3 is 2.73 bits per heavy atom. The van der Waals surface area contributed by atoms with Crippen molar-refractivity contribution >= 4 is 5.97 Å². The molecule has 0 aliphatic carbocycles. The Labute approximate surface area is 92.1 Å². The highest BCUT2D eigenvalue weighted by Crippen LogP contribution is 2.28. The Morgan fingerprint density at radius 2 is 2.13 bits per heavy atom. The second-order valence-corrected chi connectivity index (χ2v) is 4.32. The fraction of sp³-hybridized carbons (Fsp3) is 0.917. The summed E-state index contributed by atoms with van der Waals surface area (Å²) in [6, 6.07) is 0. The van der Waals surface area contributed by atoms with Gasteiger partial charge in [0.1, 0.15) is 0 Å². The third kappa shape index (κ3) is 4.20. The molecule has 3 atom stereocenters. The summed E-state index contributed by atoms with van der Waals surface area (Å²) in [7, 11) is 0. The van der Waals surface area contributed by atoms with Crippen LogP contribution in [0.1, 0.15) is 46.5 Å². The molecular formula is C12H22O3. The molecule has 0 aromatic carbocycles. The first-order chi connectivity index (χ1) is 7.15. The van der Waals surface area contributed by atoms with E-state index in [1.54, 1.807) is 0 Å². The SMILES string of the molecule is CCOC(=O)C[C@@H]1C[C@@H](CC)O[C@H](C)C1. The molecule has 0 amide bonds. The van der Waals surface area contributed by atoms with Crippen LogP contribution in [0, 0.1) is 5.92 Å². The van der Waals surface area contributed by atoms with Crippen LogP contribution < -0.4 is 0 Å². The zero-order valence-corrected chi connectivity index (χ0v) is 9.99. The van der Waals surface area contributed by atoms with E-state index in [9.17, 15) is 4.79 Å². The average Bonchev–Trinajstić information content (AvgIpc) is 2.17. The summed E-state index contributed by atoms with van der Waals surface area (Å²) < 4.78 is 10.7. The van der Waals surface area contributed by atoms with Gasteiger partial charge in [-0.2, -0.15) is 0 Å². The molecular weight excluding hydrogens is 192 g/mol. The van der Waals surface area contributed by atoms with Crippen molar-refractivity contribution in [3.63, 3.8) is 0 Å². The first-order valence-electron chi connectivity index (χ1n) is 5.96. The molecule has 1 heterocycles. The van der Waals surface area contributed by atoms with E-state index in [-0.39, 0.29) is 12.1 Å². The number of ether oxygens (including phenoxy) is 2. The zero-order chi connectivity index (χ0) is 11.3. The Hall–Kier alpha value is -0.570. The van der Waals surface area contributed by atoms with Gasteiger partial charge in [-0.25, -0.2) is 0 Å². The molecule has 3 nitrogen and oxygen atoms in total. The Bertz CT molecular complexity index is 203. The van der Waals surface area contributed by atoms with Gasteiger partial charge >= 0.3 is 5.97 Å². The highest BCUT2D eigenvalue weighted by atomic mass is 16.5. The number of hydrogen-bond acceptors (Lipinski definition) is 3. The van der Waals surface area contributed by atoms with Crippen LogP contribution in [0.25, 0.3) is 0 Å². The monoisotopic (exact) mass is 214 g/mol. The summed E-state index contributed by atoms with van der Waals surface area (Å²) in [6.07, 6.45) is 4.17. The Kier molecular flexibility index (Phi) is 5.09. The van der Waals surface area contributed by atoms with E-state index in [1.807, 2.05) is 6.92 Å². The van der Waals surface area contributed by atoms with Crippen molar-refractivity contribution in [3.05, 3.63) is 0 Å². The van der Waals surface area contributed by atoms with Crippen molar-refractivity contribution in [1.82, 2.24) is 0 Å². The molecule has 0 N–H and O–H groups in total. The lowest BCUT2D eigenvalue weighted by molar-refractivity contribution is -0.146. The maximum atomic E-state index is 11.3. The van der Waals surface area contributed by atoms with Crippen LogP contribution in [0.15, 0.2) is 0 Å². The van der Waals surface area contributed by atoms with Crippen molar-refractivity contribution in [2.75, 3.05) is 6.61 Å². The number of hydrogen-bond donors (Lipinski definition) is 0. The van der Waals surface area contributed by atoms with E-state index in [2.05, 4.69) is 13.8 Å². The van der Waals surface area contributed by atoms with Gasteiger partial charge in [-0.1, -0.05) is 6.92 Å². The van der Waals surface area contributed by atoms with Crippen molar-refractivity contribution in [2.45, 2.75) is 58.7 Å². The molecule has 0 radical (unpaired) electrons. The lowest BCUT2D eigenvalue weighted by Gasteiger charge is -2.33. The quantitative estimate of drug-likeness (QED) is 0.675. The van der Waals surface area contributed by atoms with Crippen LogP contribution in [0.4, 0.5) is 0 Å². The molecule has 1 fully saturated rings. The van der Waals surface area contributed by atoms with Gasteiger partial charge in [0.25, 0.3) is 0 Å². The van der Waals surface area contributed by atoms with Gasteiger partial charge in [-0.15, -0.1) is 0 Å². The van der Waals surface area contributed by atoms with E-state index < -0.39 is 0 Å². The number of rotatable bonds is 4. The first kappa shape index (κ1) is 12.5. The van der Waals surface area contributed by atoms with Gasteiger partial charge < -0.3 is 9.47 Å². The average molecular weight is 214 g/mol. The van der Waals surface area contributed by atoms with E-state index in [4.69, 9.17) is 9.47 Å². The van der Waals surface area contributed by atoms with E-state index in [0.29, 0.717) is 25.0 Å². The molecule has 0 aromatic rings. The number of esters is 1. The fourth-order valence-corrected chi connectivity index (χ4v) is 2.26. The normalized spacial score (nSPS) is 31.3. The van der Waals surface area contributed by atoms with Crippen molar-refractivity contribution in [3.8, 4) is 0 Å². The molecule has 0 unspecified atom stereocenters. The highest BCUT2D eigenvalue weighted by molar-refractivity contribution is 5.69. The second-order valence-electron chi connectivity index (χ2n) is 4.32. The Morgan fingerprint density at radius 1 is 1.40 bits per heavy atom. The van der Waals surface area contributed by atoms with Gasteiger partial charge in [-0.3, -0.25) is 4.79 Å². The molecule has 88 valence electrons. The van der Waals surface area contributed by atoms with E-state index in [0.717, 1.165) is 19.3 Å². The van der Waals surface area contributed by atoms with Gasteiger partial charge in [0.15, 0.2) is 0 Å². The van der Waals surface area contributed by atoms with Gasteiger partial charge in [0, 0.05) is 6.42 Å². The Balaban J connectivity index is 2.37. The molecule has 15 heavy (non-hydrogen) atoms. The minimum atomic E-state index is -0.0635. The molecule has 1 aliphatic heterocycles. The molecule has 0 bridgehead atoms. The lowest BCUT2D eigenvalue weighted by atomic mass is 9.88. The summed E-state index contributed by atoms with van der Waals surface area (Å²) >= 11 is 0. The molecule has 3 heteroatoms. The van der Waals surface area contributed by atoms with Crippen molar-refractivity contribution < 1.29 is 14.3 Å². The third-order valence-electron chi connectivity index (χ3n) is 2.90. The van der Waals surface area contributed by atoms with Crippen LogP contribution >= 0.6 is 0 Å². The van der Waals surface area contributed by atoms with Gasteiger partial charge in [-0.05, 0) is 39.0 Å². The van der Waals surface area contributed by atoms with Gasteiger partial charge in [0.2, 0.25) is 0 Å². The summed E-state index contributed by atoms with van der Waals surface area (Å²) in [4.78, 5) is 11.3. The standard InChI is InChI=1S/C12H22O3/c1-4-11-7-10(6-9(3)15-11)8-12(13)14-5-2/h9-11H,4-8H2,1-3H3/t9-,10+,11-/m1/s1. The summed E-state index contributed by atoms with van der Waals surface area (Å²) in [5, 5.41) is 0. The maximum Gasteiger partial charge on any atom is 0.306 e. The van der Waals surface area contributed by atoms with Crippen LogP contribution in [0.3, 0.4) is 0 Å². The topological polar surface area (TPSA) is 35.5 Å². The summed E-state index contributed by atoms with van der Waals surface area (Å²) in [5.74, 6) is 0.379. The van der Waals surface area contributed by atoms with E-state index in [1.165, 1.54) is 0 Å². The molecule has 1 aliphatic rings. The van der Waals surface area contributed by atoms with Gasteiger partial charge in [0.05, 0.1) is 18.8 Å². The smallest absolute Gasteiger partial charge is 0.306 e. The van der Waals surface area contributed by atoms with Crippen molar-refractivity contribution in [1.29, 1.82) is 0 Å². The largest absolute Gasteiger partial charge is 0.466 e. The molecule has 0 aromatic heterocycles. The van der Waals surface area contributed by atoms with Crippen LogP contribution in [0.2, 0.25) is 0 Å². The zero-order valence-electron chi connectivity index (χ0n) is 9.99. The van der Waals surface area contributed by atoms with Crippen molar-refractivity contribution in [2.24, 2.45) is 5.92 Å². The second kappa shape index (κ2) is 6.11. The number of carbonyl (C=O) groups excluding carboxylic acids is 1. The van der Waals surface area contributed by atoms with Crippen LogP contribution in [-0.4, -0.2) is 24.8 Å². The number of carbonyl (C=O) groups is 1. The summed E-state index contributed by atoms with van der Waals surface area (Å²) in [5.41, 5.74) is 0. The third-order valence-corrected chi connectivity index (χ3v) is 2.90. The summed E-state index contributed by atoms with van der Waals surface area (Å²) in [6.45, 7) is 6.54. The van der Waals surface area contributed by atoms with E-state index >= 15 is 0 Å². The highest BCUT2D eigenvalue weighted by Gasteiger charge is 2.27. The van der Waals surface area contributed by atoms with Crippen LogP contribution in [-0.2, 0) is 14.3 Å². The lowest BCUT2D eigenvalue weighted by Crippen LogP contribution is -2.32. The van der Waals surface area contributed by atoms with Crippen LogP contribution in [0.5, 0.6) is 0 Å². The molecule has 1 rings (SSSR count). The maximum absolute atomic E-state index is 11.3. The first-order valence-corrected chi connectivity index (χ1v) is 5.96.